The molecule has 6 heteroatoms. The number of anilines is 1. The van der Waals surface area contributed by atoms with Crippen LogP contribution in [0.4, 0.5) is 5.69 Å². The first-order chi connectivity index (χ1) is 11.2. The lowest BCUT2D eigenvalue weighted by Gasteiger charge is -2.13. The highest BCUT2D eigenvalue weighted by molar-refractivity contribution is 5.98. The molecular weight excluding hydrogens is 326 g/mol. The summed E-state index contributed by atoms with van der Waals surface area (Å²) in [5.41, 5.74) is 9.49. The van der Waals surface area contributed by atoms with Gasteiger partial charge in [-0.1, -0.05) is 12.0 Å². The van der Waals surface area contributed by atoms with E-state index in [0.29, 0.717) is 28.4 Å². The smallest absolute Gasteiger partial charge is 0.162 e. The van der Waals surface area contributed by atoms with Crippen LogP contribution in [0.15, 0.2) is 36.7 Å². The van der Waals surface area contributed by atoms with E-state index in [1.807, 2.05) is 18.2 Å². The standard InChI is InChI=1S/C18H15N3O2.ClH/c1-4-11-6-5-7-13(19)17(11)18-12-8-15(22-2)16(23-3)9-14(12)20-10-21-18;/h1,5-10H,19H2,2-3H3;1H. The third-order valence-electron chi connectivity index (χ3n) is 3.63. The van der Waals surface area contributed by atoms with Gasteiger partial charge in [-0.3, -0.25) is 0 Å². The number of rotatable bonds is 3. The molecule has 0 bridgehead atoms. The molecule has 3 rings (SSSR count). The molecule has 24 heavy (non-hydrogen) atoms. The number of halogens is 1. The minimum atomic E-state index is 0. The molecular formula is C18H16ClN3O2. The van der Waals surface area contributed by atoms with E-state index in [1.165, 1.54) is 6.33 Å². The van der Waals surface area contributed by atoms with Gasteiger partial charge in [0.25, 0.3) is 0 Å². The normalized spacial score (nSPS) is 9.88. The molecule has 0 unspecified atom stereocenters. The van der Waals surface area contributed by atoms with E-state index >= 15 is 0 Å². The van der Waals surface area contributed by atoms with Crippen molar-refractivity contribution in [2.24, 2.45) is 0 Å². The lowest BCUT2D eigenvalue weighted by Crippen LogP contribution is -1.98. The summed E-state index contributed by atoms with van der Waals surface area (Å²) in [5, 5.41) is 0.791. The van der Waals surface area contributed by atoms with E-state index in [1.54, 1.807) is 26.4 Å². The number of hydrogen-bond donors (Lipinski definition) is 1. The van der Waals surface area contributed by atoms with E-state index in [9.17, 15) is 0 Å². The molecule has 0 spiro atoms. The zero-order valence-corrected chi connectivity index (χ0v) is 14.1. The Labute approximate surface area is 146 Å². The van der Waals surface area contributed by atoms with Gasteiger partial charge in [0.15, 0.2) is 11.5 Å². The first-order valence-corrected chi connectivity index (χ1v) is 6.91. The van der Waals surface area contributed by atoms with Gasteiger partial charge in [-0.25, -0.2) is 9.97 Å². The van der Waals surface area contributed by atoms with Gasteiger partial charge in [-0.2, -0.15) is 0 Å². The molecule has 0 fully saturated rings. The Hall–Kier alpha value is -2.97. The van der Waals surface area contributed by atoms with Crippen molar-refractivity contribution in [3.8, 4) is 35.1 Å². The third kappa shape index (κ3) is 2.80. The second-order valence-electron chi connectivity index (χ2n) is 4.86. The number of terminal acetylenes is 1. The van der Waals surface area contributed by atoms with Crippen molar-refractivity contribution in [3.63, 3.8) is 0 Å². The number of ether oxygens (including phenoxy) is 2. The Morgan fingerprint density at radius 3 is 2.46 bits per heavy atom. The minimum absolute atomic E-state index is 0. The Morgan fingerprint density at radius 2 is 1.79 bits per heavy atom. The summed E-state index contributed by atoms with van der Waals surface area (Å²) in [6.45, 7) is 0. The second kappa shape index (κ2) is 7.07. The maximum Gasteiger partial charge on any atom is 0.162 e. The second-order valence-corrected chi connectivity index (χ2v) is 4.86. The minimum Gasteiger partial charge on any atom is -0.493 e. The first-order valence-electron chi connectivity index (χ1n) is 6.91. The summed E-state index contributed by atoms with van der Waals surface area (Å²) in [5.74, 6) is 3.84. The maximum absolute atomic E-state index is 6.13. The van der Waals surface area contributed by atoms with Crippen molar-refractivity contribution in [1.82, 2.24) is 9.97 Å². The fourth-order valence-electron chi connectivity index (χ4n) is 2.54. The lowest BCUT2D eigenvalue weighted by molar-refractivity contribution is 0.356. The van der Waals surface area contributed by atoms with E-state index in [0.717, 1.165) is 16.5 Å². The van der Waals surface area contributed by atoms with Crippen molar-refractivity contribution >= 4 is 29.0 Å². The van der Waals surface area contributed by atoms with Crippen LogP contribution in [-0.2, 0) is 0 Å². The van der Waals surface area contributed by atoms with Gasteiger partial charge in [-0.05, 0) is 18.2 Å². The van der Waals surface area contributed by atoms with Gasteiger partial charge in [0.2, 0.25) is 0 Å². The number of methoxy groups -OCH3 is 2. The first kappa shape index (κ1) is 17.4. The Balaban J connectivity index is 0.00000208. The Kier molecular flexibility index (Phi) is 5.12. The zero-order valence-electron chi connectivity index (χ0n) is 13.2. The average Bonchev–Trinajstić information content (AvgIpc) is 2.59. The summed E-state index contributed by atoms with van der Waals surface area (Å²) in [4.78, 5) is 8.69. The van der Waals surface area contributed by atoms with Crippen LogP contribution in [0, 0.1) is 12.3 Å². The van der Waals surface area contributed by atoms with Crippen LogP contribution in [0.5, 0.6) is 11.5 Å². The number of benzene rings is 2. The average molecular weight is 342 g/mol. The summed E-state index contributed by atoms with van der Waals surface area (Å²) >= 11 is 0. The number of nitrogens with two attached hydrogens (primary N) is 1. The molecule has 1 heterocycles. The van der Waals surface area contributed by atoms with Crippen LogP contribution in [0.25, 0.3) is 22.2 Å². The van der Waals surface area contributed by atoms with Crippen molar-refractivity contribution < 1.29 is 9.47 Å². The highest BCUT2D eigenvalue weighted by Crippen LogP contribution is 2.37. The van der Waals surface area contributed by atoms with Gasteiger partial charge in [0, 0.05) is 28.3 Å². The molecule has 1 aromatic heterocycles. The fourth-order valence-corrected chi connectivity index (χ4v) is 2.54. The SMILES string of the molecule is C#Cc1cccc(N)c1-c1ncnc2cc(OC)c(OC)cc12.Cl. The Bertz CT molecular complexity index is 935. The van der Waals surface area contributed by atoms with Crippen LogP contribution in [0.2, 0.25) is 0 Å². The molecule has 0 aliphatic rings. The molecule has 3 aromatic rings. The number of nitrogen functional groups attached to an aromatic ring is 1. The molecule has 5 nitrogen and oxygen atoms in total. The van der Waals surface area contributed by atoms with Crippen molar-refractivity contribution in [2.75, 3.05) is 20.0 Å². The molecule has 2 N–H and O–H groups in total. The molecule has 0 saturated carbocycles. The zero-order chi connectivity index (χ0) is 16.4. The summed E-state index contributed by atoms with van der Waals surface area (Å²) < 4.78 is 10.7. The van der Waals surface area contributed by atoms with Gasteiger partial charge in [0.05, 0.1) is 25.4 Å². The van der Waals surface area contributed by atoms with Crippen molar-refractivity contribution in [1.29, 1.82) is 0 Å². The molecule has 0 atom stereocenters. The van der Waals surface area contributed by atoms with Crippen LogP contribution >= 0.6 is 12.4 Å². The molecule has 0 radical (unpaired) electrons. The number of nitrogens with zero attached hydrogens (tertiary/aromatic N) is 2. The summed E-state index contributed by atoms with van der Waals surface area (Å²) in [6, 6.07) is 9.08. The lowest BCUT2D eigenvalue weighted by atomic mass is 9.99. The van der Waals surface area contributed by atoms with Gasteiger partial charge in [-0.15, -0.1) is 18.8 Å². The highest BCUT2D eigenvalue weighted by atomic mass is 35.5. The quantitative estimate of drug-likeness (QED) is 0.584. The van der Waals surface area contributed by atoms with Gasteiger partial charge < -0.3 is 15.2 Å². The Morgan fingerprint density at radius 1 is 1.08 bits per heavy atom. The van der Waals surface area contributed by atoms with E-state index in [-0.39, 0.29) is 12.4 Å². The predicted molar refractivity (Wildman–Crippen MR) is 97.7 cm³/mol. The van der Waals surface area contributed by atoms with Crippen molar-refractivity contribution in [2.45, 2.75) is 0 Å². The molecule has 0 aliphatic carbocycles. The van der Waals surface area contributed by atoms with Crippen LogP contribution < -0.4 is 15.2 Å². The molecule has 0 aliphatic heterocycles. The van der Waals surface area contributed by atoms with Crippen LogP contribution in [0.3, 0.4) is 0 Å². The fraction of sp³-hybridized carbons (Fsp3) is 0.111. The summed E-state index contributed by atoms with van der Waals surface area (Å²) in [6.07, 6.45) is 7.09. The maximum atomic E-state index is 6.13. The monoisotopic (exact) mass is 341 g/mol. The third-order valence-corrected chi connectivity index (χ3v) is 3.63. The van der Waals surface area contributed by atoms with E-state index in [4.69, 9.17) is 21.6 Å². The topological polar surface area (TPSA) is 70.3 Å². The van der Waals surface area contributed by atoms with Gasteiger partial charge in [0.1, 0.15) is 6.33 Å². The van der Waals surface area contributed by atoms with Gasteiger partial charge >= 0.3 is 0 Å². The number of hydrogen-bond acceptors (Lipinski definition) is 5. The predicted octanol–water partition coefficient (Wildman–Crippen LogP) is 3.30. The molecule has 2 aromatic carbocycles. The van der Waals surface area contributed by atoms with E-state index < -0.39 is 0 Å². The van der Waals surface area contributed by atoms with Crippen LogP contribution in [-0.4, -0.2) is 24.2 Å². The molecule has 0 saturated heterocycles. The molecule has 0 amide bonds. The van der Waals surface area contributed by atoms with E-state index in [2.05, 4.69) is 15.9 Å². The highest BCUT2D eigenvalue weighted by Gasteiger charge is 2.16. The largest absolute Gasteiger partial charge is 0.493 e. The van der Waals surface area contributed by atoms with Crippen LogP contribution in [0.1, 0.15) is 5.56 Å². The van der Waals surface area contributed by atoms with Crippen molar-refractivity contribution in [3.05, 3.63) is 42.2 Å². The molecule has 122 valence electrons. The number of fused-ring (bicyclic) bond motifs is 1. The number of aromatic nitrogens is 2. The summed E-state index contributed by atoms with van der Waals surface area (Å²) in [7, 11) is 3.16.